The summed E-state index contributed by atoms with van der Waals surface area (Å²) >= 11 is 12.6. The molecule has 0 saturated carbocycles. The Labute approximate surface area is 287 Å². The SMILES string of the molecule is COc1cccc(CN(C(=O)CN(c2cc(Cl)cc(Cl)c2)S(=O)(=O)c2ccc(C)cc2)C(Cc2ccccc2)C(=O)NCC(C)C)c1. The van der Waals surface area contributed by atoms with Gasteiger partial charge in [-0.1, -0.05) is 97.2 Å². The number of halogens is 2. The van der Waals surface area contributed by atoms with Crippen LogP contribution in [0.3, 0.4) is 0 Å². The van der Waals surface area contributed by atoms with Gasteiger partial charge in [0.2, 0.25) is 11.8 Å². The second-order valence-corrected chi connectivity index (χ2v) is 14.4. The molecule has 2 amide bonds. The van der Waals surface area contributed by atoms with Gasteiger partial charge in [0.25, 0.3) is 10.0 Å². The molecule has 4 aromatic rings. The number of aryl methyl sites for hydroxylation is 1. The van der Waals surface area contributed by atoms with Crippen LogP contribution in [0.15, 0.2) is 102 Å². The summed E-state index contributed by atoms with van der Waals surface area (Å²) < 4.78 is 34.8. The highest BCUT2D eigenvalue weighted by molar-refractivity contribution is 7.92. The van der Waals surface area contributed by atoms with Gasteiger partial charge in [0.05, 0.1) is 17.7 Å². The summed E-state index contributed by atoms with van der Waals surface area (Å²) in [6.07, 6.45) is 0.203. The van der Waals surface area contributed by atoms with E-state index < -0.39 is 28.5 Å². The number of hydrogen-bond donors (Lipinski definition) is 1. The van der Waals surface area contributed by atoms with Crippen LogP contribution < -0.4 is 14.4 Å². The molecular weight excluding hydrogens is 657 g/mol. The molecule has 0 spiro atoms. The number of carbonyl (C=O) groups excluding carboxylic acids is 2. The summed E-state index contributed by atoms with van der Waals surface area (Å²) in [5.41, 5.74) is 2.53. The van der Waals surface area contributed by atoms with Crippen molar-refractivity contribution in [2.45, 2.75) is 44.7 Å². The molecule has 1 unspecified atom stereocenters. The van der Waals surface area contributed by atoms with E-state index in [9.17, 15) is 18.0 Å². The van der Waals surface area contributed by atoms with Crippen LogP contribution >= 0.6 is 23.2 Å². The van der Waals surface area contributed by atoms with E-state index >= 15 is 0 Å². The molecule has 8 nitrogen and oxygen atoms in total. The molecule has 0 saturated heterocycles. The number of carbonyl (C=O) groups is 2. The van der Waals surface area contributed by atoms with Crippen LogP contribution in [0.4, 0.5) is 5.69 Å². The largest absolute Gasteiger partial charge is 0.497 e. The molecule has 0 heterocycles. The fraction of sp³-hybridized carbons (Fsp3) is 0.278. The normalized spacial score (nSPS) is 12.0. The zero-order valence-electron chi connectivity index (χ0n) is 26.8. The van der Waals surface area contributed by atoms with Gasteiger partial charge in [-0.05, 0) is 66.4 Å². The van der Waals surface area contributed by atoms with E-state index in [1.807, 2.05) is 57.2 Å². The molecule has 0 bridgehead atoms. The van der Waals surface area contributed by atoms with Crippen molar-refractivity contribution < 1.29 is 22.7 Å². The molecule has 1 atom stereocenters. The van der Waals surface area contributed by atoms with E-state index in [2.05, 4.69) is 5.32 Å². The third-order valence-electron chi connectivity index (χ3n) is 7.47. The van der Waals surface area contributed by atoms with Crippen molar-refractivity contribution in [3.05, 3.63) is 124 Å². The summed E-state index contributed by atoms with van der Waals surface area (Å²) in [6.45, 7) is 5.60. The number of sulfonamides is 1. The van der Waals surface area contributed by atoms with Gasteiger partial charge >= 0.3 is 0 Å². The first-order valence-electron chi connectivity index (χ1n) is 15.2. The molecule has 0 fully saturated rings. The maximum Gasteiger partial charge on any atom is 0.264 e. The molecule has 0 aromatic heterocycles. The monoisotopic (exact) mass is 695 g/mol. The van der Waals surface area contributed by atoms with Crippen molar-refractivity contribution in [3.63, 3.8) is 0 Å². The smallest absolute Gasteiger partial charge is 0.264 e. The Bertz CT molecular complexity index is 1760. The summed E-state index contributed by atoms with van der Waals surface area (Å²) in [4.78, 5) is 29.9. The van der Waals surface area contributed by atoms with Crippen LogP contribution in [0.25, 0.3) is 0 Å². The highest BCUT2D eigenvalue weighted by atomic mass is 35.5. The van der Waals surface area contributed by atoms with Crippen LogP contribution in [-0.2, 0) is 32.6 Å². The molecule has 0 aliphatic heterocycles. The molecule has 11 heteroatoms. The molecule has 0 aliphatic carbocycles. The van der Waals surface area contributed by atoms with Gasteiger partial charge in [-0.3, -0.25) is 13.9 Å². The molecule has 4 rings (SSSR count). The van der Waals surface area contributed by atoms with Gasteiger partial charge in [-0.2, -0.15) is 0 Å². The summed E-state index contributed by atoms with van der Waals surface area (Å²) in [7, 11) is -2.75. The number of rotatable bonds is 14. The Morgan fingerprint density at radius 1 is 0.851 bits per heavy atom. The van der Waals surface area contributed by atoms with Gasteiger partial charge in [-0.15, -0.1) is 0 Å². The van der Waals surface area contributed by atoms with E-state index in [0.717, 1.165) is 15.4 Å². The van der Waals surface area contributed by atoms with Crippen molar-refractivity contribution in [1.29, 1.82) is 0 Å². The lowest BCUT2D eigenvalue weighted by Gasteiger charge is -2.34. The average Bonchev–Trinajstić information content (AvgIpc) is 3.04. The molecule has 1 N–H and O–H groups in total. The van der Waals surface area contributed by atoms with Crippen molar-refractivity contribution in [1.82, 2.24) is 10.2 Å². The number of anilines is 1. The van der Waals surface area contributed by atoms with Crippen molar-refractivity contribution in [3.8, 4) is 5.75 Å². The van der Waals surface area contributed by atoms with Crippen LogP contribution in [-0.4, -0.2) is 51.4 Å². The average molecular weight is 697 g/mol. The molecule has 248 valence electrons. The Morgan fingerprint density at radius 2 is 1.49 bits per heavy atom. The van der Waals surface area contributed by atoms with Gasteiger partial charge in [-0.25, -0.2) is 8.42 Å². The molecular formula is C36H39Cl2N3O5S. The number of nitrogens with one attached hydrogen (secondary N) is 1. The maximum atomic E-state index is 14.6. The first-order chi connectivity index (χ1) is 22.4. The predicted molar refractivity (Wildman–Crippen MR) is 187 cm³/mol. The Balaban J connectivity index is 1.83. The third-order valence-corrected chi connectivity index (χ3v) is 9.69. The van der Waals surface area contributed by atoms with Crippen LogP contribution in [0.5, 0.6) is 5.75 Å². The zero-order chi connectivity index (χ0) is 34.1. The Kier molecular flexibility index (Phi) is 12.3. The second-order valence-electron chi connectivity index (χ2n) is 11.7. The lowest BCUT2D eigenvalue weighted by molar-refractivity contribution is -0.140. The van der Waals surface area contributed by atoms with Crippen LogP contribution in [0, 0.1) is 12.8 Å². The summed E-state index contributed by atoms with van der Waals surface area (Å²) in [6, 6.07) is 26.3. The predicted octanol–water partition coefficient (Wildman–Crippen LogP) is 6.92. The molecule has 0 radical (unpaired) electrons. The number of hydrogen-bond acceptors (Lipinski definition) is 5. The fourth-order valence-corrected chi connectivity index (χ4v) is 6.91. The fourth-order valence-electron chi connectivity index (χ4n) is 4.99. The number of nitrogens with zero attached hydrogens (tertiary/aromatic N) is 2. The lowest BCUT2D eigenvalue weighted by atomic mass is 10.0. The standard InChI is InChI=1S/C36H39Cl2N3O5S/c1-25(2)22-39-36(43)34(18-27-9-6-5-7-10-27)40(23-28-11-8-12-32(17-28)46-4)35(42)24-41(31-20-29(37)19-30(38)21-31)47(44,45)33-15-13-26(3)14-16-33/h5-17,19-21,25,34H,18,22-24H2,1-4H3,(H,39,43). The molecule has 4 aromatic carbocycles. The lowest BCUT2D eigenvalue weighted by Crippen LogP contribution is -2.53. The first kappa shape index (κ1) is 35.8. The van der Waals surface area contributed by atoms with Crippen LogP contribution in [0.1, 0.15) is 30.5 Å². The van der Waals surface area contributed by atoms with Crippen LogP contribution in [0.2, 0.25) is 10.0 Å². The minimum Gasteiger partial charge on any atom is -0.497 e. The minimum absolute atomic E-state index is 0.0113. The van der Waals surface area contributed by atoms with E-state index in [4.69, 9.17) is 27.9 Å². The third kappa shape index (κ3) is 9.73. The topological polar surface area (TPSA) is 96.0 Å². The maximum absolute atomic E-state index is 14.6. The highest BCUT2D eigenvalue weighted by Crippen LogP contribution is 2.30. The summed E-state index contributed by atoms with van der Waals surface area (Å²) in [5, 5.41) is 3.39. The zero-order valence-corrected chi connectivity index (χ0v) is 29.1. The minimum atomic E-state index is -4.29. The van der Waals surface area contributed by atoms with E-state index in [1.54, 1.807) is 37.4 Å². The Morgan fingerprint density at radius 3 is 2.11 bits per heavy atom. The van der Waals surface area contributed by atoms with E-state index in [1.165, 1.54) is 35.2 Å². The number of methoxy groups -OCH3 is 1. The van der Waals surface area contributed by atoms with Gasteiger partial charge < -0.3 is 15.0 Å². The molecule has 0 aliphatic rings. The summed E-state index contributed by atoms with van der Waals surface area (Å²) in [5.74, 6) is -0.199. The number of ether oxygens (including phenoxy) is 1. The number of amides is 2. The number of benzene rings is 4. The highest BCUT2D eigenvalue weighted by Gasteiger charge is 2.35. The van der Waals surface area contributed by atoms with Gasteiger partial charge in [0.1, 0.15) is 18.3 Å². The van der Waals surface area contributed by atoms with E-state index in [-0.39, 0.29) is 45.4 Å². The molecule has 47 heavy (non-hydrogen) atoms. The van der Waals surface area contributed by atoms with E-state index in [0.29, 0.717) is 17.9 Å². The second kappa shape index (κ2) is 16.2. The van der Waals surface area contributed by atoms with Gasteiger partial charge in [0, 0.05) is 29.6 Å². The Hall–Kier alpha value is -4.05. The van der Waals surface area contributed by atoms with Crippen molar-refractivity contribution in [2.75, 3.05) is 24.5 Å². The quantitative estimate of drug-likeness (QED) is 0.155. The first-order valence-corrected chi connectivity index (χ1v) is 17.4. The van der Waals surface area contributed by atoms with Gasteiger partial charge in [0.15, 0.2) is 0 Å². The van der Waals surface area contributed by atoms with Crippen molar-refractivity contribution >= 4 is 50.7 Å². The van der Waals surface area contributed by atoms with Crippen molar-refractivity contribution in [2.24, 2.45) is 5.92 Å².